The highest BCUT2D eigenvalue weighted by Crippen LogP contribution is 2.34. The Labute approximate surface area is 119 Å². The molecule has 20 heavy (non-hydrogen) atoms. The van der Waals surface area contributed by atoms with E-state index in [1.54, 1.807) is 0 Å². The predicted molar refractivity (Wildman–Crippen MR) is 76.9 cm³/mol. The van der Waals surface area contributed by atoms with E-state index in [4.69, 9.17) is 15.2 Å². The van der Waals surface area contributed by atoms with Crippen molar-refractivity contribution in [2.75, 3.05) is 13.2 Å². The molecule has 2 unspecified atom stereocenters. The number of fused-ring (bicyclic) bond motifs is 1. The molecule has 4 heteroatoms. The number of benzene rings is 1. The number of aliphatic hydroxyl groups excluding tert-OH is 1. The summed E-state index contributed by atoms with van der Waals surface area (Å²) in [4.78, 5) is 0. The van der Waals surface area contributed by atoms with E-state index in [-0.39, 0.29) is 12.1 Å². The molecule has 1 aromatic rings. The molecule has 1 aromatic carbocycles. The van der Waals surface area contributed by atoms with Crippen molar-refractivity contribution in [1.82, 2.24) is 0 Å². The van der Waals surface area contributed by atoms with Gasteiger partial charge in [-0.15, -0.1) is 0 Å². The molecule has 1 heterocycles. The highest BCUT2D eigenvalue weighted by molar-refractivity contribution is 5.44. The normalized spacial score (nSPS) is 23.4. The van der Waals surface area contributed by atoms with Gasteiger partial charge in [0.15, 0.2) is 0 Å². The van der Waals surface area contributed by atoms with Crippen molar-refractivity contribution in [2.45, 2.75) is 44.2 Å². The summed E-state index contributed by atoms with van der Waals surface area (Å²) in [5, 5.41) is 10.0. The maximum Gasteiger partial charge on any atom is 0.127 e. The summed E-state index contributed by atoms with van der Waals surface area (Å²) < 4.78 is 11.2. The Kier molecular flexibility index (Phi) is 4.13. The van der Waals surface area contributed by atoms with Crippen molar-refractivity contribution in [2.24, 2.45) is 11.7 Å². The number of aliphatic hydroxyl groups is 1. The van der Waals surface area contributed by atoms with Crippen LogP contribution in [0, 0.1) is 5.92 Å². The molecule has 2 aliphatic rings. The Morgan fingerprint density at radius 2 is 2.15 bits per heavy atom. The second-order valence-corrected chi connectivity index (χ2v) is 5.97. The number of ether oxygens (including phenoxy) is 2. The summed E-state index contributed by atoms with van der Waals surface area (Å²) >= 11 is 0. The third kappa shape index (κ3) is 3.07. The molecule has 4 nitrogen and oxygen atoms in total. The van der Waals surface area contributed by atoms with Crippen LogP contribution in [0.15, 0.2) is 18.2 Å². The fraction of sp³-hybridized carbons (Fsp3) is 0.625. The quantitative estimate of drug-likeness (QED) is 0.867. The van der Waals surface area contributed by atoms with Gasteiger partial charge in [0, 0.05) is 11.6 Å². The van der Waals surface area contributed by atoms with Gasteiger partial charge in [0.05, 0.1) is 12.1 Å². The largest absolute Gasteiger partial charge is 0.491 e. The van der Waals surface area contributed by atoms with Gasteiger partial charge in [0.1, 0.15) is 24.7 Å². The first-order valence-electron chi connectivity index (χ1n) is 7.55. The minimum Gasteiger partial charge on any atom is -0.491 e. The number of nitrogens with two attached hydrogens (primary N) is 1. The summed E-state index contributed by atoms with van der Waals surface area (Å²) in [7, 11) is 0. The van der Waals surface area contributed by atoms with Gasteiger partial charge in [0.25, 0.3) is 0 Å². The van der Waals surface area contributed by atoms with Gasteiger partial charge in [-0.3, -0.25) is 0 Å². The highest BCUT2D eigenvalue weighted by atomic mass is 16.5. The van der Waals surface area contributed by atoms with Crippen LogP contribution < -0.4 is 15.2 Å². The van der Waals surface area contributed by atoms with Gasteiger partial charge in [-0.25, -0.2) is 0 Å². The molecule has 1 aliphatic carbocycles. The van der Waals surface area contributed by atoms with Crippen LogP contribution in [0.3, 0.4) is 0 Å². The Bertz CT molecular complexity index is 457. The van der Waals surface area contributed by atoms with Gasteiger partial charge >= 0.3 is 0 Å². The van der Waals surface area contributed by atoms with Crippen molar-refractivity contribution >= 4 is 0 Å². The second-order valence-electron chi connectivity index (χ2n) is 5.97. The van der Waals surface area contributed by atoms with E-state index in [0.717, 1.165) is 23.5 Å². The van der Waals surface area contributed by atoms with Crippen molar-refractivity contribution in [1.29, 1.82) is 0 Å². The van der Waals surface area contributed by atoms with Crippen molar-refractivity contribution in [3.63, 3.8) is 0 Å². The van der Waals surface area contributed by atoms with Gasteiger partial charge < -0.3 is 20.3 Å². The Morgan fingerprint density at radius 1 is 1.35 bits per heavy atom. The molecule has 3 rings (SSSR count). The average molecular weight is 277 g/mol. The van der Waals surface area contributed by atoms with Crippen molar-refractivity contribution in [3.8, 4) is 11.5 Å². The lowest BCUT2D eigenvalue weighted by molar-refractivity contribution is 0.0854. The average Bonchev–Trinajstić information content (AvgIpc) is 3.07. The molecule has 0 amide bonds. The molecule has 0 spiro atoms. The summed E-state index contributed by atoms with van der Waals surface area (Å²) in [5.41, 5.74) is 6.94. The number of hydrogen-bond donors (Lipinski definition) is 2. The van der Waals surface area contributed by atoms with Gasteiger partial charge in [-0.2, -0.15) is 0 Å². The SMILES string of the molecule is NC1COc2cc(OCC(O)CC3CCCC3)ccc21. The van der Waals surface area contributed by atoms with Crippen molar-refractivity contribution < 1.29 is 14.6 Å². The minimum atomic E-state index is -0.380. The maximum absolute atomic E-state index is 10.0. The zero-order chi connectivity index (χ0) is 13.9. The molecule has 1 aliphatic heterocycles. The molecule has 0 aromatic heterocycles. The molecule has 0 saturated heterocycles. The van der Waals surface area contributed by atoms with E-state index in [1.165, 1.54) is 25.7 Å². The van der Waals surface area contributed by atoms with Crippen LogP contribution in [-0.4, -0.2) is 24.4 Å². The van der Waals surface area contributed by atoms with E-state index >= 15 is 0 Å². The van der Waals surface area contributed by atoms with Crippen LogP contribution in [0.5, 0.6) is 11.5 Å². The molecular formula is C16H23NO3. The van der Waals surface area contributed by atoms with E-state index in [0.29, 0.717) is 19.1 Å². The van der Waals surface area contributed by atoms with Gasteiger partial charge in [-0.05, 0) is 24.5 Å². The molecule has 1 saturated carbocycles. The maximum atomic E-state index is 10.0. The highest BCUT2D eigenvalue weighted by Gasteiger charge is 2.22. The topological polar surface area (TPSA) is 64.7 Å². The number of rotatable bonds is 5. The fourth-order valence-electron chi connectivity index (χ4n) is 3.20. The van der Waals surface area contributed by atoms with Crippen LogP contribution in [0.25, 0.3) is 0 Å². The van der Waals surface area contributed by atoms with Crippen LogP contribution in [0.4, 0.5) is 0 Å². The fourth-order valence-corrected chi connectivity index (χ4v) is 3.20. The standard InChI is InChI=1S/C16H23NO3/c17-15-10-20-16-8-13(5-6-14(15)16)19-9-12(18)7-11-3-1-2-4-11/h5-6,8,11-12,15,18H,1-4,7,9-10,17H2. The summed E-state index contributed by atoms with van der Waals surface area (Å²) in [6.07, 6.45) is 5.59. The molecule has 3 N–H and O–H groups in total. The predicted octanol–water partition coefficient (Wildman–Crippen LogP) is 2.40. The summed E-state index contributed by atoms with van der Waals surface area (Å²) in [5.74, 6) is 2.22. The van der Waals surface area contributed by atoms with Crippen LogP contribution >= 0.6 is 0 Å². The molecular weight excluding hydrogens is 254 g/mol. The van der Waals surface area contributed by atoms with E-state index in [9.17, 15) is 5.11 Å². The lowest BCUT2D eigenvalue weighted by Gasteiger charge is -2.16. The molecule has 1 fully saturated rings. The van der Waals surface area contributed by atoms with Crippen LogP contribution in [-0.2, 0) is 0 Å². The van der Waals surface area contributed by atoms with E-state index < -0.39 is 0 Å². The lowest BCUT2D eigenvalue weighted by Crippen LogP contribution is -2.20. The molecule has 2 atom stereocenters. The third-order valence-electron chi connectivity index (χ3n) is 4.33. The van der Waals surface area contributed by atoms with Crippen LogP contribution in [0.1, 0.15) is 43.7 Å². The lowest BCUT2D eigenvalue weighted by atomic mass is 10.0. The van der Waals surface area contributed by atoms with Gasteiger partial charge in [-0.1, -0.05) is 25.7 Å². The molecule has 0 bridgehead atoms. The summed E-state index contributed by atoms with van der Waals surface area (Å²) in [6, 6.07) is 5.68. The third-order valence-corrected chi connectivity index (χ3v) is 4.33. The first-order valence-corrected chi connectivity index (χ1v) is 7.55. The first-order chi connectivity index (χ1) is 9.72. The number of hydrogen-bond acceptors (Lipinski definition) is 4. The monoisotopic (exact) mass is 277 g/mol. The Hall–Kier alpha value is -1.26. The summed E-state index contributed by atoms with van der Waals surface area (Å²) in [6.45, 7) is 0.879. The molecule has 110 valence electrons. The Morgan fingerprint density at radius 3 is 2.95 bits per heavy atom. The Balaban J connectivity index is 1.50. The van der Waals surface area contributed by atoms with Gasteiger partial charge in [0.2, 0.25) is 0 Å². The van der Waals surface area contributed by atoms with E-state index in [1.807, 2.05) is 18.2 Å². The smallest absolute Gasteiger partial charge is 0.127 e. The van der Waals surface area contributed by atoms with Crippen LogP contribution in [0.2, 0.25) is 0 Å². The minimum absolute atomic E-state index is 0.0352. The van der Waals surface area contributed by atoms with Crippen molar-refractivity contribution in [3.05, 3.63) is 23.8 Å². The zero-order valence-corrected chi connectivity index (χ0v) is 11.8. The second kappa shape index (κ2) is 6.02. The first kappa shape index (κ1) is 13.7. The molecule has 0 radical (unpaired) electrons. The zero-order valence-electron chi connectivity index (χ0n) is 11.8. The van der Waals surface area contributed by atoms with E-state index in [2.05, 4.69) is 0 Å².